The number of carbonyl (C=O) groups excluding carboxylic acids is 1. The van der Waals surface area contributed by atoms with Crippen molar-refractivity contribution in [3.8, 4) is 0 Å². The molecule has 2 N–H and O–H groups in total. The molecule has 17 heavy (non-hydrogen) atoms. The van der Waals surface area contributed by atoms with Gasteiger partial charge in [0.1, 0.15) is 0 Å². The highest BCUT2D eigenvalue weighted by molar-refractivity contribution is 5.85. The fraction of sp³-hybridized carbons (Fsp3) is 0.833. The first-order valence-electron chi connectivity index (χ1n) is 5.82. The molecule has 98 valence electrons. The number of nitrogens with zero attached hydrogens (tertiary/aromatic N) is 1. The zero-order valence-electron chi connectivity index (χ0n) is 10.9. The van der Waals surface area contributed by atoms with Crippen LogP contribution in [0.3, 0.4) is 0 Å². The summed E-state index contributed by atoms with van der Waals surface area (Å²) in [5, 5.41) is 18.7. The van der Waals surface area contributed by atoms with Crippen molar-refractivity contribution in [3.63, 3.8) is 0 Å². The SMILES string of the molecule is CC(C)C(C)(CC(=O)N1CC(C)(O)C1)C(=O)O. The normalized spacial score (nSPS) is 21.9. The van der Waals surface area contributed by atoms with Gasteiger partial charge >= 0.3 is 5.97 Å². The van der Waals surface area contributed by atoms with Gasteiger partial charge in [0.2, 0.25) is 5.91 Å². The van der Waals surface area contributed by atoms with Crippen LogP contribution in [0.2, 0.25) is 0 Å². The van der Waals surface area contributed by atoms with Crippen molar-refractivity contribution in [2.75, 3.05) is 13.1 Å². The number of hydrogen-bond donors (Lipinski definition) is 2. The highest BCUT2D eigenvalue weighted by Crippen LogP contribution is 2.33. The maximum absolute atomic E-state index is 11.9. The lowest BCUT2D eigenvalue weighted by Crippen LogP contribution is -2.62. The molecule has 1 amide bonds. The quantitative estimate of drug-likeness (QED) is 0.762. The Bertz CT molecular complexity index is 329. The molecule has 1 atom stereocenters. The third-order valence-electron chi connectivity index (χ3n) is 3.70. The predicted molar refractivity (Wildman–Crippen MR) is 62.4 cm³/mol. The Kier molecular flexibility index (Phi) is 3.52. The number of aliphatic carboxylic acids is 1. The molecule has 1 aliphatic heterocycles. The third-order valence-corrected chi connectivity index (χ3v) is 3.70. The van der Waals surface area contributed by atoms with Crippen LogP contribution in [0.5, 0.6) is 0 Å². The van der Waals surface area contributed by atoms with Crippen LogP contribution in [0.1, 0.15) is 34.1 Å². The van der Waals surface area contributed by atoms with Crippen molar-refractivity contribution >= 4 is 11.9 Å². The number of amides is 1. The summed E-state index contributed by atoms with van der Waals surface area (Å²) in [7, 11) is 0. The number of rotatable bonds is 4. The summed E-state index contributed by atoms with van der Waals surface area (Å²) in [6, 6.07) is 0. The number of likely N-dealkylation sites (tertiary alicyclic amines) is 1. The molecule has 5 nitrogen and oxygen atoms in total. The number of carbonyl (C=O) groups is 2. The zero-order valence-corrected chi connectivity index (χ0v) is 10.9. The van der Waals surface area contributed by atoms with Crippen LogP contribution in [0.4, 0.5) is 0 Å². The second-order valence-electron chi connectivity index (χ2n) is 5.80. The Morgan fingerprint density at radius 3 is 2.18 bits per heavy atom. The Morgan fingerprint density at radius 1 is 1.41 bits per heavy atom. The van der Waals surface area contributed by atoms with E-state index in [0.29, 0.717) is 13.1 Å². The number of carboxylic acids is 1. The third kappa shape index (κ3) is 2.77. The van der Waals surface area contributed by atoms with Gasteiger partial charge in [0.25, 0.3) is 0 Å². The van der Waals surface area contributed by atoms with E-state index >= 15 is 0 Å². The van der Waals surface area contributed by atoms with Crippen LogP contribution in [-0.4, -0.2) is 45.7 Å². The van der Waals surface area contributed by atoms with E-state index in [-0.39, 0.29) is 18.2 Å². The van der Waals surface area contributed by atoms with Crippen molar-refractivity contribution < 1.29 is 19.8 Å². The van der Waals surface area contributed by atoms with Gasteiger partial charge in [0.05, 0.1) is 24.1 Å². The summed E-state index contributed by atoms with van der Waals surface area (Å²) in [5.41, 5.74) is -1.86. The molecule has 1 rings (SSSR count). The first-order valence-corrected chi connectivity index (χ1v) is 5.82. The second-order valence-corrected chi connectivity index (χ2v) is 5.80. The Morgan fingerprint density at radius 2 is 1.88 bits per heavy atom. The lowest BCUT2D eigenvalue weighted by Gasteiger charge is -2.45. The van der Waals surface area contributed by atoms with Crippen LogP contribution >= 0.6 is 0 Å². The minimum atomic E-state index is -1.04. The van der Waals surface area contributed by atoms with Gasteiger partial charge in [0.15, 0.2) is 0 Å². The van der Waals surface area contributed by atoms with Crippen LogP contribution in [0.15, 0.2) is 0 Å². The van der Waals surface area contributed by atoms with Gasteiger partial charge in [-0.25, -0.2) is 0 Å². The molecule has 0 aromatic heterocycles. The Labute approximate surface area is 101 Å². The van der Waals surface area contributed by atoms with Crippen molar-refractivity contribution in [1.82, 2.24) is 4.90 Å². The Hall–Kier alpha value is -1.10. The molecule has 1 fully saturated rings. The van der Waals surface area contributed by atoms with E-state index in [0.717, 1.165) is 0 Å². The highest BCUT2D eigenvalue weighted by atomic mass is 16.4. The van der Waals surface area contributed by atoms with E-state index in [1.807, 2.05) is 0 Å². The number of hydrogen-bond acceptors (Lipinski definition) is 3. The van der Waals surface area contributed by atoms with Crippen molar-refractivity contribution in [2.24, 2.45) is 11.3 Å². The summed E-state index contributed by atoms with van der Waals surface area (Å²) in [4.78, 5) is 24.6. The molecule has 5 heteroatoms. The van der Waals surface area contributed by atoms with Gasteiger partial charge < -0.3 is 15.1 Å². The molecule has 0 bridgehead atoms. The monoisotopic (exact) mass is 243 g/mol. The standard InChI is InChI=1S/C12H21NO4/c1-8(2)12(4,10(15)16)5-9(14)13-6-11(3,17)7-13/h8,17H,5-7H2,1-4H3,(H,15,16). The smallest absolute Gasteiger partial charge is 0.310 e. The molecule has 0 aromatic carbocycles. The minimum Gasteiger partial charge on any atom is -0.481 e. The summed E-state index contributed by atoms with van der Waals surface area (Å²) in [6.45, 7) is 7.44. The van der Waals surface area contributed by atoms with E-state index in [1.165, 1.54) is 4.90 Å². The summed E-state index contributed by atoms with van der Waals surface area (Å²) >= 11 is 0. The molecule has 1 unspecified atom stereocenters. The average Bonchev–Trinajstić information content (AvgIpc) is 2.12. The van der Waals surface area contributed by atoms with E-state index in [1.54, 1.807) is 27.7 Å². The molecule has 0 aliphatic carbocycles. The van der Waals surface area contributed by atoms with Crippen LogP contribution in [0, 0.1) is 11.3 Å². The van der Waals surface area contributed by atoms with Gasteiger partial charge in [-0.15, -0.1) is 0 Å². The van der Waals surface area contributed by atoms with Gasteiger partial charge in [-0.1, -0.05) is 13.8 Å². The van der Waals surface area contributed by atoms with Crippen LogP contribution in [0.25, 0.3) is 0 Å². The lowest BCUT2D eigenvalue weighted by molar-refractivity contribution is -0.163. The highest BCUT2D eigenvalue weighted by Gasteiger charge is 2.44. The van der Waals surface area contributed by atoms with Gasteiger partial charge in [-0.2, -0.15) is 0 Å². The van der Waals surface area contributed by atoms with Crippen molar-refractivity contribution in [3.05, 3.63) is 0 Å². The largest absolute Gasteiger partial charge is 0.481 e. The topological polar surface area (TPSA) is 77.8 Å². The molecule has 0 aromatic rings. The van der Waals surface area contributed by atoms with Gasteiger partial charge in [0, 0.05) is 6.42 Å². The van der Waals surface area contributed by atoms with Gasteiger partial charge in [-0.05, 0) is 19.8 Å². The first-order chi connectivity index (χ1) is 7.58. The predicted octanol–water partition coefficient (Wildman–Crippen LogP) is 0.717. The molecular formula is C12H21NO4. The van der Waals surface area contributed by atoms with Crippen LogP contribution in [-0.2, 0) is 9.59 Å². The summed E-state index contributed by atoms with van der Waals surface area (Å²) in [6.07, 6.45) is -0.0178. The first kappa shape index (κ1) is 14.0. The second kappa shape index (κ2) is 4.29. The molecular weight excluding hydrogens is 222 g/mol. The summed E-state index contributed by atoms with van der Waals surface area (Å²) in [5.74, 6) is -1.27. The summed E-state index contributed by atoms with van der Waals surface area (Å²) < 4.78 is 0. The van der Waals surface area contributed by atoms with E-state index < -0.39 is 17.0 Å². The number of aliphatic hydroxyl groups is 1. The molecule has 1 heterocycles. The molecule has 1 saturated heterocycles. The molecule has 0 saturated carbocycles. The minimum absolute atomic E-state index is 0.0178. The fourth-order valence-corrected chi connectivity index (χ4v) is 1.91. The van der Waals surface area contributed by atoms with Crippen LogP contribution < -0.4 is 0 Å². The van der Waals surface area contributed by atoms with E-state index in [2.05, 4.69) is 0 Å². The molecule has 0 spiro atoms. The molecule has 0 radical (unpaired) electrons. The maximum Gasteiger partial charge on any atom is 0.310 e. The van der Waals surface area contributed by atoms with E-state index in [9.17, 15) is 19.8 Å². The number of carboxylic acid groups (broad SMARTS) is 1. The van der Waals surface area contributed by atoms with Gasteiger partial charge in [-0.3, -0.25) is 9.59 Å². The molecule has 1 aliphatic rings. The average molecular weight is 243 g/mol. The van der Waals surface area contributed by atoms with E-state index in [4.69, 9.17) is 0 Å². The Balaban J connectivity index is 2.64. The number of β-amino-alcohol motifs (C(OH)–C–C–N with tert-alkyl or cyclic N) is 1. The zero-order chi connectivity index (χ0) is 13.4. The fourth-order valence-electron chi connectivity index (χ4n) is 1.91. The lowest BCUT2D eigenvalue weighted by atomic mass is 9.75. The van der Waals surface area contributed by atoms with Crippen molar-refractivity contribution in [2.45, 2.75) is 39.7 Å². The maximum atomic E-state index is 11.9. The van der Waals surface area contributed by atoms with Crippen molar-refractivity contribution in [1.29, 1.82) is 0 Å².